The van der Waals surface area contributed by atoms with Gasteiger partial charge in [0, 0.05) is 50.5 Å². The van der Waals surface area contributed by atoms with Gasteiger partial charge in [-0.05, 0) is 48.7 Å². The molecular formula is C24H25N7O. The minimum absolute atomic E-state index is 0.171. The third-order valence-corrected chi connectivity index (χ3v) is 5.85. The van der Waals surface area contributed by atoms with Gasteiger partial charge in [0.15, 0.2) is 0 Å². The number of nitrogens with zero attached hydrogens (tertiary/aromatic N) is 6. The Morgan fingerprint density at radius 2 is 1.81 bits per heavy atom. The molecule has 0 atom stereocenters. The topological polar surface area (TPSA) is 80.9 Å². The molecular weight excluding hydrogens is 402 g/mol. The molecule has 0 unspecified atom stereocenters. The molecule has 162 valence electrons. The highest BCUT2D eigenvalue weighted by molar-refractivity contribution is 6.03. The van der Waals surface area contributed by atoms with E-state index in [9.17, 15) is 4.79 Å². The van der Waals surface area contributed by atoms with Crippen LogP contribution in [0.4, 0.5) is 5.82 Å². The zero-order valence-corrected chi connectivity index (χ0v) is 17.7. The number of benzene rings is 1. The van der Waals surface area contributed by atoms with Crippen molar-refractivity contribution < 1.29 is 4.79 Å². The van der Waals surface area contributed by atoms with E-state index < -0.39 is 0 Å². The summed E-state index contributed by atoms with van der Waals surface area (Å²) in [7, 11) is 0. The van der Waals surface area contributed by atoms with Crippen molar-refractivity contribution in [3.05, 3.63) is 90.6 Å². The lowest BCUT2D eigenvalue weighted by Gasteiger charge is -2.32. The predicted octanol–water partition coefficient (Wildman–Crippen LogP) is 3.55. The van der Waals surface area contributed by atoms with Crippen molar-refractivity contribution in [1.82, 2.24) is 29.4 Å². The van der Waals surface area contributed by atoms with Gasteiger partial charge in [-0.2, -0.15) is 10.2 Å². The van der Waals surface area contributed by atoms with E-state index in [-0.39, 0.29) is 11.9 Å². The van der Waals surface area contributed by atoms with Gasteiger partial charge in [-0.3, -0.25) is 14.7 Å². The zero-order valence-electron chi connectivity index (χ0n) is 17.7. The number of likely N-dealkylation sites (tertiary alicyclic amines) is 1. The average molecular weight is 428 g/mol. The lowest BCUT2D eigenvalue weighted by atomic mass is 10.0. The molecule has 1 aliphatic heterocycles. The number of anilines is 1. The highest BCUT2D eigenvalue weighted by atomic mass is 16.1. The molecule has 32 heavy (non-hydrogen) atoms. The first-order chi connectivity index (χ1) is 15.8. The molecule has 1 amide bonds. The summed E-state index contributed by atoms with van der Waals surface area (Å²) >= 11 is 0. The standard InChI is InChI=1S/C24H25N7O/c32-24(20-3-1-11-25-17-20)28-23-8-13-27-31(23)22-9-15-29(16-10-22)18-19-4-6-21(7-5-19)30-14-2-12-26-30/h1-8,11-14,17,22H,9-10,15-16,18H2,(H,28,32). The molecule has 1 fully saturated rings. The van der Waals surface area contributed by atoms with E-state index in [0.29, 0.717) is 5.56 Å². The van der Waals surface area contributed by atoms with Gasteiger partial charge in [-0.15, -0.1) is 0 Å². The van der Waals surface area contributed by atoms with Crippen LogP contribution in [0.2, 0.25) is 0 Å². The third-order valence-electron chi connectivity index (χ3n) is 5.85. The quantitative estimate of drug-likeness (QED) is 0.509. The van der Waals surface area contributed by atoms with Crippen LogP contribution >= 0.6 is 0 Å². The summed E-state index contributed by atoms with van der Waals surface area (Å²) in [5.74, 6) is 0.558. The van der Waals surface area contributed by atoms with Gasteiger partial charge in [0.1, 0.15) is 5.82 Å². The third kappa shape index (κ3) is 4.45. The highest BCUT2D eigenvalue weighted by Crippen LogP contribution is 2.26. The number of hydrogen-bond acceptors (Lipinski definition) is 5. The van der Waals surface area contributed by atoms with Gasteiger partial charge in [-0.25, -0.2) is 9.36 Å². The second-order valence-electron chi connectivity index (χ2n) is 7.98. The Morgan fingerprint density at radius 1 is 0.969 bits per heavy atom. The summed E-state index contributed by atoms with van der Waals surface area (Å²) in [5, 5.41) is 11.7. The number of rotatable bonds is 6. The Hall–Kier alpha value is -3.78. The molecule has 1 N–H and O–H groups in total. The van der Waals surface area contributed by atoms with E-state index in [4.69, 9.17) is 0 Å². The highest BCUT2D eigenvalue weighted by Gasteiger charge is 2.23. The molecule has 5 rings (SSSR count). The van der Waals surface area contributed by atoms with Gasteiger partial charge in [0.25, 0.3) is 5.91 Å². The van der Waals surface area contributed by atoms with Gasteiger partial charge in [0.05, 0.1) is 23.5 Å². The fraction of sp³-hybridized carbons (Fsp3) is 0.250. The van der Waals surface area contributed by atoms with Crippen LogP contribution in [0.5, 0.6) is 0 Å². The summed E-state index contributed by atoms with van der Waals surface area (Å²) in [6.07, 6.45) is 10.7. The molecule has 1 aliphatic rings. The van der Waals surface area contributed by atoms with Crippen LogP contribution < -0.4 is 5.32 Å². The maximum Gasteiger partial charge on any atom is 0.258 e. The van der Waals surface area contributed by atoms with E-state index >= 15 is 0 Å². The lowest BCUT2D eigenvalue weighted by Crippen LogP contribution is -2.35. The van der Waals surface area contributed by atoms with Crippen molar-refractivity contribution in [3.63, 3.8) is 0 Å². The number of amides is 1. The van der Waals surface area contributed by atoms with E-state index in [2.05, 4.69) is 49.7 Å². The second kappa shape index (κ2) is 9.15. The number of carbonyl (C=O) groups excluding carboxylic acids is 1. The summed E-state index contributed by atoms with van der Waals surface area (Å²) in [6.45, 7) is 2.90. The number of nitrogens with one attached hydrogen (secondary N) is 1. The molecule has 4 aromatic rings. The van der Waals surface area contributed by atoms with Gasteiger partial charge in [0.2, 0.25) is 0 Å². The molecule has 0 saturated carbocycles. The fourth-order valence-electron chi connectivity index (χ4n) is 4.15. The summed E-state index contributed by atoms with van der Waals surface area (Å²) in [4.78, 5) is 19.0. The first-order valence-electron chi connectivity index (χ1n) is 10.8. The fourth-order valence-corrected chi connectivity index (χ4v) is 4.15. The Bertz CT molecular complexity index is 1140. The molecule has 0 spiro atoms. The summed E-state index contributed by atoms with van der Waals surface area (Å²) in [5.41, 5.74) is 2.90. The smallest absolute Gasteiger partial charge is 0.258 e. The van der Waals surface area contributed by atoms with Crippen LogP contribution in [0.1, 0.15) is 34.8 Å². The Morgan fingerprint density at radius 3 is 2.53 bits per heavy atom. The molecule has 4 heterocycles. The van der Waals surface area contributed by atoms with Crippen LogP contribution in [0.15, 0.2) is 79.5 Å². The van der Waals surface area contributed by atoms with Gasteiger partial charge >= 0.3 is 0 Å². The van der Waals surface area contributed by atoms with E-state index in [1.54, 1.807) is 36.9 Å². The largest absolute Gasteiger partial charge is 0.307 e. The van der Waals surface area contributed by atoms with E-state index in [0.717, 1.165) is 44.0 Å². The number of piperidine rings is 1. The summed E-state index contributed by atoms with van der Waals surface area (Å²) < 4.78 is 3.81. The monoisotopic (exact) mass is 427 g/mol. The maximum absolute atomic E-state index is 12.5. The lowest BCUT2D eigenvalue weighted by molar-refractivity contribution is 0.102. The van der Waals surface area contributed by atoms with E-state index in [1.165, 1.54) is 5.56 Å². The number of hydrogen-bond donors (Lipinski definition) is 1. The predicted molar refractivity (Wildman–Crippen MR) is 122 cm³/mol. The molecule has 8 heteroatoms. The average Bonchev–Trinajstić information content (AvgIpc) is 3.53. The van der Waals surface area contributed by atoms with Crippen molar-refractivity contribution in [1.29, 1.82) is 0 Å². The zero-order chi connectivity index (χ0) is 21.8. The molecule has 3 aromatic heterocycles. The van der Waals surface area contributed by atoms with Crippen LogP contribution in [0.3, 0.4) is 0 Å². The maximum atomic E-state index is 12.5. The minimum Gasteiger partial charge on any atom is -0.307 e. The Balaban J connectivity index is 1.17. The number of pyridine rings is 1. The normalized spacial score (nSPS) is 15.0. The SMILES string of the molecule is O=C(Nc1ccnn1C1CCN(Cc2ccc(-n3cccn3)cc2)CC1)c1cccnc1. The van der Waals surface area contributed by atoms with Gasteiger partial charge < -0.3 is 5.32 Å². The molecule has 1 saturated heterocycles. The van der Waals surface area contributed by atoms with Crippen molar-refractivity contribution in [3.8, 4) is 5.69 Å². The first-order valence-corrected chi connectivity index (χ1v) is 10.8. The second-order valence-corrected chi connectivity index (χ2v) is 7.98. The van der Waals surface area contributed by atoms with Crippen molar-refractivity contribution >= 4 is 11.7 Å². The molecule has 8 nitrogen and oxygen atoms in total. The van der Waals surface area contributed by atoms with Crippen LogP contribution in [0, 0.1) is 0 Å². The minimum atomic E-state index is -0.171. The Kier molecular flexibility index (Phi) is 5.76. The van der Waals surface area contributed by atoms with Crippen molar-refractivity contribution in [2.75, 3.05) is 18.4 Å². The van der Waals surface area contributed by atoms with Crippen LogP contribution in [-0.2, 0) is 6.54 Å². The molecule has 1 aromatic carbocycles. The Labute approximate surface area is 186 Å². The summed E-state index contributed by atoms with van der Waals surface area (Å²) in [6, 6.07) is 16.1. The van der Waals surface area contributed by atoms with Crippen LogP contribution in [-0.4, -0.2) is 48.4 Å². The first kappa shape index (κ1) is 20.1. The number of carbonyl (C=O) groups is 1. The van der Waals surface area contributed by atoms with Crippen molar-refractivity contribution in [2.45, 2.75) is 25.4 Å². The molecule has 0 bridgehead atoms. The molecule has 0 radical (unpaired) electrons. The van der Waals surface area contributed by atoms with Gasteiger partial charge in [-0.1, -0.05) is 12.1 Å². The molecule has 0 aliphatic carbocycles. The van der Waals surface area contributed by atoms with E-state index in [1.807, 2.05) is 27.7 Å². The number of aromatic nitrogens is 5. The van der Waals surface area contributed by atoms with Crippen molar-refractivity contribution in [2.24, 2.45) is 0 Å². The van der Waals surface area contributed by atoms with Crippen LogP contribution in [0.25, 0.3) is 5.69 Å².